The summed E-state index contributed by atoms with van der Waals surface area (Å²) in [5.74, 6) is 0.00155. The Morgan fingerprint density at radius 2 is 2.12 bits per heavy atom. The van der Waals surface area contributed by atoms with Crippen molar-refractivity contribution in [2.75, 3.05) is 20.2 Å². The van der Waals surface area contributed by atoms with E-state index < -0.39 is 0 Å². The van der Waals surface area contributed by atoms with Gasteiger partial charge in [0.2, 0.25) is 5.91 Å². The highest BCUT2D eigenvalue weighted by Crippen LogP contribution is 2.15. The largest absolute Gasteiger partial charge is 0.366 e. The van der Waals surface area contributed by atoms with Crippen molar-refractivity contribution in [2.45, 2.75) is 58.2 Å². The molecule has 4 heteroatoms. The fourth-order valence-corrected chi connectivity index (χ4v) is 1.97. The second-order valence-corrected chi connectivity index (χ2v) is 6.02. The lowest BCUT2D eigenvalue weighted by Gasteiger charge is -2.35. The molecule has 0 bridgehead atoms. The first-order chi connectivity index (χ1) is 7.78. The quantitative estimate of drug-likeness (QED) is 0.813. The molecule has 2 atom stereocenters. The molecule has 0 saturated carbocycles. The summed E-state index contributed by atoms with van der Waals surface area (Å²) in [6.07, 6.45) is 2.06. The van der Waals surface area contributed by atoms with Gasteiger partial charge in [0.15, 0.2) is 0 Å². The van der Waals surface area contributed by atoms with E-state index in [2.05, 4.69) is 24.2 Å². The van der Waals surface area contributed by atoms with E-state index in [1.54, 1.807) is 0 Å². The fraction of sp³-hybridized carbons (Fsp3) is 0.923. The third-order valence-electron chi connectivity index (χ3n) is 3.21. The van der Waals surface area contributed by atoms with Crippen LogP contribution in [0.25, 0.3) is 0 Å². The lowest BCUT2D eigenvalue weighted by atomic mass is 9.99. The van der Waals surface area contributed by atoms with Crippen molar-refractivity contribution in [3.8, 4) is 0 Å². The first-order valence-corrected chi connectivity index (χ1v) is 6.41. The number of nitrogens with one attached hydrogen (secondary N) is 1. The van der Waals surface area contributed by atoms with Crippen LogP contribution >= 0.6 is 0 Å². The number of hydrogen-bond donors (Lipinski definition) is 1. The summed E-state index contributed by atoms with van der Waals surface area (Å²) in [6.45, 7) is 9.27. The van der Waals surface area contributed by atoms with Crippen molar-refractivity contribution < 1.29 is 9.53 Å². The Kier molecular flexibility index (Phi) is 4.95. The highest BCUT2D eigenvalue weighted by molar-refractivity contribution is 5.77. The van der Waals surface area contributed by atoms with E-state index in [0.717, 1.165) is 19.4 Å². The molecule has 1 heterocycles. The number of ether oxygens (including phenoxy) is 1. The Hall–Kier alpha value is -0.610. The van der Waals surface area contributed by atoms with Crippen LogP contribution in [-0.2, 0) is 9.53 Å². The zero-order valence-electron chi connectivity index (χ0n) is 11.7. The summed E-state index contributed by atoms with van der Waals surface area (Å²) in [5.41, 5.74) is -0.253. The van der Waals surface area contributed by atoms with Gasteiger partial charge in [-0.1, -0.05) is 0 Å². The van der Waals surface area contributed by atoms with E-state index in [0.29, 0.717) is 12.1 Å². The van der Waals surface area contributed by atoms with Crippen molar-refractivity contribution >= 4 is 5.91 Å². The van der Waals surface area contributed by atoms with Gasteiger partial charge in [0.1, 0.15) is 6.61 Å². The Balaban J connectivity index is 2.27. The summed E-state index contributed by atoms with van der Waals surface area (Å²) in [4.78, 5) is 14.0. The first kappa shape index (κ1) is 14.5. The maximum absolute atomic E-state index is 11.7. The third kappa shape index (κ3) is 5.50. The monoisotopic (exact) mass is 242 g/mol. The smallest absolute Gasteiger partial charge is 0.246 e. The molecule has 1 amide bonds. The van der Waals surface area contributed by atoms with Gasteiger partial charge in [-0.2, -0.15) is 0 Å². The number of rotatable bonds is 3. The third-order valence-corrected chi connectivity index (χ3v) is 3.21. The van der Waals surface area contributed by atoms with E-state index in [4.69, 9.17) is 4.74 Å². The van der Waals surface area contributed by atoms with Crippen LogP contribution < -0.4 is 5.32 Å². The van der Waals surface area contributed by atoms with E-state index in [1.807, 2.05) is 20.8 Å². The van der Waals surface area contributed by atoms with Gasteiger partial charge >= 0.3 is 0 Å². The van der Waals surface area contributed by atoms with Gasteiger partial charge in [-0.15, -0.1) is 0 Å². The zero-order chi connectivity index (χ0) is 13.1. The number of piperidine rings is 1. The van der Waals surface area contributed by atoms with Crippen LogP contribution in [0.1, 0.15) is 40.5 Å². The number of carbonyl (C=O) groups excluding carboxylic acids is 1. The van der Waals surface area contributed by atoms with Crippen LogP contribution in [0.3, 0.4) is 0 Å². The molecule has 0 aliphatic carbocycles. The molecule has 0 radical (unpaired) electrons. The van der Waals surface area contributed by atoms with Crippen LogP contribution in [0, 0.1) is 0 Å². The van der Waals surface area contributed by atoms with Gasteiger partial charge in [0, 0.05) is 18.6 Å². The lowest BCUT2D eigenvalue weighted by Crippen LogP contribution is -2.48. The number of hydrogen-bond acceptors (Lipinski definition) is 3. The Morgan fingerprint density at radius 3 is 2.65 bits per heavy atom. The van der Waals surface area contributed by atoms with Gasteiger partial charge in [0.25, 0.3) is 0 Å². The first-order valence-electron chi connectivity index (χ1n) is 6.41. The summed E-state index contributed by atoms with van der Waals surface area (Å²) in [5, 5.41) is 3.05. The molecule has 2 unspecified atom stereocenters. The number of likely N-dealkylation sites (tertiary alicyclic amines) is 1. The predicted molar refractivity (Wildman–Crippen MR) is 69.0 cm³/mol. The molecule has 0 spiro atoms. The van der Waals surface area contributed by atoms with Gasteiger partial charge in [0.05, 0.1) is 5.60 Å². The van der Waals surface area contributed by atoms with Crippen LogP contribution in [0.5, 0.6) is 0 Å². The van der Waals surface area contributed by atoms with Gasteiger partial charge in [-0.3, -0.25) is 4.79 Å². The van der Waals surface area contributed by atoms with Crippen LogP contribution in [0.2, 0.25) is 0 Å². The minimum atomic E-state index is -0.253. The summed E-state index contributed by atoms with van der Waals surface area (Å²) in [7, 11) is 2.13. The SMILES string of the molecule is CC1CC(NC(=O)COC(C)(C)C)CCN1C. The average molecular weight is 242 g/mol. The zero-order valence-corrected chi connectivity index (χ0v) is 11.7. The molecule has 1 rings (SSSR count). The topological polar surface area (TPSA) is 41.6 Å². The van der Waals surface area contributed by atoms with Crippen LogP contribution in [-0.4, -0.2) is 48.7 Å². The number of amides is 1. The Bertz CT molecular complexity index is 261. The summed E-state index contributed by atoms with van der Waals surface area (Å²) < 4.78 is 5.46. The van der Waals surface area contributed by atoms with E-state index in [-0.39, 0.29) is 18.1 Å². The van der Waals surface area contributed by atoms with Crippen molar-refractivity contribution in [3.05, 3.63) is 0 Å². The highest BCUT2D eigenvalue weighted by Gasteiger charge is 2.24. The van der Waals surface area contributed by atoms with Crippen LogP contribution in [0.15, 0.2) is 0 Å². The maximum atomic E-state index is 11.7. The molecule has 1 N–H and O–H groups in total. The minimum Gasteiger partial charge on any atom is -0.366 e. The molecule has 1 aliphatic rings. The molecular formula is C13H26N2O2. The molecule has 0 aromatic rings. The molecule has 1 saturated heterocycles. The van der Waals surface area contributed by atoms with E-state index in [1.165, 1.54) is 0 Å². The predicted octanol–water partition coefficient (Wildman–Crippen LogP) is 1.40. The van der Waals surface area contributed by atoms with E-state index in [9.17, 15) is 4.79 Å². The Labute approximate surface area is 105 Å². The highest BCUT2D eigenvalue weighted by atomic mass is 16.5. The normalized spacial score (nSPS) is 26.9. The molecular weight excluding hydrogens is 216 g/mol. The van der Waals surface area contributed by atoms with Crippen molar-refractivity contribution in [2.24, 2.45) is 0 Å². The molecule has 100 valence electrons. The van der Waals surface area contributed by atoms with Gasteiger partial charge in [-0.25, -0.2) is 0 Å². The Morgan fingerprint density at radius 1 is 1.47 bits per heavy atom. The fourth-order valence-electron chi connectivity index (χ4n) is 1.97. The molecule has 1 fully saturated rings. The maximum Gasteiger partial charge on any atom is 0.246 e. The van der Waals surface area contributed by atoms with Crippen molar-refractivity contribution in [3.63, 3.8) is 0 Å². The minimum absolute atomic E-state index is 0.00155. The second kappa shape index (κ2) is 5.83. The average Bonchev–Trinajstić information content (AvgIpc) is 2.20. The van der Waals surface area contributed by atoms with E-state index >= 15 is 0 Å². The van der Waals surface area contributed by atoms with Crippen molar-refractivity contribution in [1.29, 1.82) is 0 Å². The number of carbonyl (C=O) groups is 1. The van der Waals surface area contributed by atoms with Gasteiger partial charge < -0.3 is 15.0 Å². The molecule has 0 aromatic carbocycles. The molecule has 0 aromatic heterocycles. The molecule has 4 nitrogen and oxygen atoms in total. The molecule has 17 heavy (non-hydrogen) atoms. The molecule has 1 aliphatic heterocycles. The van der Waals surface area contributed by atoms with Crippen molar-refractivity contribution in [1.82, 2.24) is 10.2 Å². The summed E-state index contributed by atoms with van der Waals surface area (Å²) in [6, 6.07) is 0.842. The second-order valence-electron chi connectivity index (χ2n) is 6.02. The van der Waals surface area contributed by atoms with Crippen LogP contribution in [0.4, 0.5) is 0 Å². The van der Waals surface area contributed by atoms with Gasteiger partial charge in [-0.05, 0) is 47.6 Å². The summed E-state index contributed by atoms with van der Waals surface area (Å²) >= 11 is 0. The number of nitrogens with zero attached hydrogens (tertiary/aromatic N) is 1. The lowest BCUT2D eigenvalue weighted by molar-refractivity contribution is -0.131. The standard InChI is InChI=1S/C13H26N2O2/c1-10-8-11(6-7-15(10)5)14-12(16)9-17-13(2,3)4/h10-11H,6-9H2,1-5H3,(H,14,16).